The van der Waals surface area contributed by atoms with Crippen molar-refractivity contribution in [1.82, 2.24) is 10.2 Å². The van der Waals surface area contributed by atoms with Crippen LogP contribution in [0.4, 0.5) is 0 Å². The summed E-state index contributed by atoms with van der Waals surface area (Å²) in [6, 6.07) is 4.97. The highest BCUT2D eigenvalue weighted by Gasteiger charge is 2.34. The van der Waals surface area contributed by atoms with E-state index in [1.165, 1.54) is 25.8 Å². The molecule has 1 aromatic carbocycles. The van der Waals surface area contributed by atoms with Gasteiger partial charge in [0.2, 0.25) is 0 Å². The molecule has 2 fully saturated rings. The molecule has 1 saturated heterocycles. The molecule has 4 rings (SSSR count). The predicted molar refractivity (Wildman–Crippen MR) is 95.5 cm³/mol. The van der Waals surface area contributed by atoms with Crippen LogP contribution in [0.3, 0.4) is 0 Å². The molecule has 0 bridgehead atoms. The minimum atomic E-state index is -0.0765. The fraction of sp³-hybridized carbons (Fsp3) is 0.550. The smallest absolute Gasteiger partial charge is 0.287 e. The number of amides is 1. The van der Waals surface area contributed by atoms with Gasteiger partial charge >= 0.3 is 0 Å². The van der Waals surface area contributed by atoms with Gasteiger partial charge in [-0.25, -0.2) is 0 Å². The Bertz CT molecular complexity index is 789. The van der Waals surface area contributed by atoms with Crippen molar-refractivity contribution in [3.63, 3.8) is 0 Å². The Morgan fingerprint density at radius 1 is 1.21 bits per heavy atom. The van der Waals surface area contributed by atoms with Crippen LogP contribution in [-0.4, -0.2) is 36.5 Å². The van der Waals surface area contributed by atoms with Crippen LogP contribution >= 0.6 is 0 Å². The summed E-state index contributed by atoms with van der Waals surface area (Å²) in [5.74, 6) is 0.967. The lowest BCUT2D eigenvalue weighted by atomic mass is 10.0. The molecule has 4 nitrogen and oxygen atoms in total. The summed E-state index contributed by atoms with van der Waals surface area (Å²) in [6.45, 7) is 9.14. The first kappa shape index (κ1) is 15.7. The number of furan rings is 1. The van der Waals surface area contributed by atoms with E-state index in [0.29, 0.717) is 11.7 Å². The fourth-order valence-electron chi connectivity index (χ4n) is 4.01. The number of rotatable bonds is 4. The topological polar surface area (TPSA) is 45.5 Å². The molecule has 1 aliphatic carbocycles. The van der Waals surface area contributed by atoms with Crippen LogP contribution in [0, 0.1) is 26.7 Å². The highest BCUT2D eigenvalue weighted by molar-refractivity contribution is 6.00. The Hall–Kier alpha value is -1.81. The zero-order valence-electron chi connectivity index (χ0n) is 14.8. The van der Waals surface area contributed by atoms with Crippen molar-refractivity contribution in [2.45, 2.75) is 46.1 Å². The molecule has 24 heavy (non-hydrogen) atoms. The van der Waals surface area contributed by atoms with E-state index in [0.717, 1.165) is 46.8 Å². The van der Waals surface area contributed by atoms with E-state index in [1.54, 1.807) is 0 Å². The molecule has 2 aromatic rings. The molecule has 2 heterocycles. The monoisotopic (exact) mass is 326 g/mol. The van der Waals surface area contributed by atoms with Crippen LogP contribution in [0.5, 0.6) is 0 Å². The number of hydrogen-bond donors (Lipinski definition) is 1. The third kappa shape index (κ3) is 2.73. The summed E-state index contributed by atoms with van der Waals surface area (Å²) in [5, 5.41) is 4.19. The summed E-state index contributed by atoms with van der Waals surface area (Å²) in [6.07, 6.45) is 3.90. The maximum absolute atomic E-state index is 12.6. The van der Waals surface area contributed by atoms with Gasteiger partial charge < -0.3 is 14.6 Å². The number of nitrogens with zero attached hydrogens (tertiary/aromatic N) is 1. The Morgan fingerprint density at radius 3 is 2.67 bits per heavy atom. The third-order valence-electron chi connectivity index (χ3n) is 5.62. The molecule has 4 heteroatoms. The normalized spacial score (nSPS) is 21.5. The van der Waals surface area contributed by atoms with Crippen molar-refractivity contribution in [1.29, 1.82) is 0 Å². The predicted octanol–water partition coefficient (Wildman–Crippen LogP) is 3.57. The number of carbonyl (C=O) groups is 1. The van der Waals surface area contributed by atoms with E-state index in [-0.39, 0.29) is 5.91 Å². The summed E-state index contributed by atoms with van der Waals surface area (Å²) < 4.78 is 5.93. The molecule has 1 unspecified atom stereocenters. The Kier molecular flexibility index (Phi) is 3.87. The summed E-state index contributed by atoms with van der Waals surface area (Å²) >= 11 is 0. The van der Waals surface area contributed by atoms with Crippen molar-refractivity contribution in [2.24, 2.45) is 5.92 Å². The standard InChI is InChI=1S/C20H26N2O2/c1-12-4-5-13(2)18-17(12)14(3)19(24-18)20(23)21-10-15-8-9-22(11-15)16-6-7-16/h4-5,15-16H,6-11H2,1-3H3,(H,21,23). The van der Waals surface area contributed by atoms with Gasteiger partial charge in [0.15, 0.2) is 5.76 Å². The van der Waals surface area contributed by atoms with Crippen LogP contribution in [0.25, 0.3) is 11.0 Å². The van der Waals surface area contributed by atoms with Gasteiger partial charge in [0, 0.05) is 30.1 Å². The van der Waals surface area contributed by atoms with Crippen LogP contribution < -0.4 is 5.32 Å². The number of hydrogen-bond acceptors (Lipinski definition) is 3. The Morgan fingerprint density at radius 2 is 1.96 bits per heavy atom. The Balaban J connectivity index is 1.46. The molecule has 1 atom stereocenters. The second-order valence-electron chi connectivity index (χ2n) is 7.55. The molecular formula is C20H26N2O2. The summed E-state index contributed by atoms with van der Waals surface area (Å²) in [7, 11) is 0. The van der Waals surface area contributed by atoms with Gasteiger partial charge in [-0.1, -0.05) is 12.1 Å². The van der Waals surface area contributed by atoms with Gasteiger partial charge in [-0.15, -0.1) is 0 Å². The maximum Gasteiger partial charge on any atom is 0.287 e. The van der Waals surface area contributed by atoms with Gasteiger partial charge in [-0.3, -0.25) is 4.79 Å². The third-order valence-corrected chi connectivity index (χ3v) is 5.62. The highest BCUT2D eigenvalue weighted by Crippen LogP contribution is 2.32. The van der Waals surface area contributed by atoms with Gasteiger partial charge in [0.25, 0.3) is 5.91 Å². The molecule has 2 aliphatic rings. The van der Waals surface area contributed by atoms with E-state index < -0.39 is 0 Å². The lowest BCUT2D eigenvalue weighted by molar-refractivity contribution is 0.0921. The van der Waals surface area contributed by atoms with Crippen LogP contribution in [0.1, 0.15) is 46.5 Å². The number of carbonyl (C=O) groups excluding carboxylic acids is 1. The van der Waals surface area contributed by atoms with Crippen molar-refractivity contribution in [2.75, 3.05) is 19.6 Å². The zero-order valence-corrected chi connectivity index (χ0v) is 14.8. The molecular weight excluding hydrogens is 300 g/mol. The minimum Gasteiger partial charge on any atom is -0.450 e. The van der Waals surface area contributed by atoms with Gasteiger partial charge in [0.1, 0.15) is 5.58 Å². The highest BCUT2D eigenvalue weighted by atomic mass is 16.3. The lowest BCUT2D eigenvalue weighted by Crippen LogP contribution is -2.31. The molecule has 128 valence electrons. The van der Waals surface area contributed by atoms with Crippen LogP contribution in [0.2, 0.25) is 0 Å². The van der Waals surface area contributed by atoms with E-state index in [4.69, 9.17) is 4.42 Å². The minimum absolute atomic E-state index is 0.0765. The quantitative estimate of drug-likeness (QED) is 0.934. The first-order chi connectivity index (χ1) is 11.5. The average Bonchev–Trinajstić information content (AvgIpc) is 3.20. The number of fused-ring (bicyclic) bond motifs is 1. The van der Waals surface area contributed by atoms with Gasteiger partial charge in [-0.05, 0) is 63.6 Å². The van der Waals surface area contributed by atoms with E-state index in [2.05, 4.69) is 23.2 Å². The molecule has 0 radical (unpaired) electrons. The first-order valence-electron chi connectivity index (χ1n) is 9.06. The fourth-order valence-corrected chi connectivity index (χ4v) is 4.01. The lowest BCUT2D eigenvalue weighted by Gasteiger charge is -2.14. The summed E-state index contributed by atoms with van der Waals surface area (Å²) in [5.41, 5.74) is 4.04. The average molecular weight is 326 g/mol. The number of nitrogens with one attached hydrogen (secondary N) is 1. The SMILES string of the molecule is Cc1ccc(C)c2c(C)c(C(=O)NCC3CCN(C4CC4)C3)oc12. The number of aryl methyl sites for hydroxylation is 3. The molecule has 1 aromatic heterocycles. The zero-order chi connectivity index (χ0) is 16.8. The maximum atomic E-state index is 12.6. The van der Waals surface area contributed by atoms with Crippen LogP contribution in [-0.2, 0) is 0 Å². The van der Waals surface area contributed by atoms with E-state index in [1.807, 2.05) is 19.9 Å². The molecule has 1 aliphatic heterocycles. The van der Waals surface area contributed by atoms with E-state index >= 15 is 0 Å². The van der Waals surface area contributed by atoms with Crippen LogP contribution in [0.15, 0.2) is 16.5 Å². The van der Waals surface area contributed by atoms with Crippen molar-refractivity contribution < 1.29 is 9.21 Å². The van der Waals surface area contributed by atoms with Gasteiger partial charge in [-0.2, -0.15) is 0 Å². The largest absolute Gasteiger partial charge is 0.450 e. The molecule has 1 N–H and O–H groups in total. The molecule has 1 amide bonds. The van der Waals surface area contributed by atoms with E-state index in [9.17, 15) is 4.79 Å². The number of benzene rings is 1. The first-order valence-corrected chi connectivity index (χ1v) is 9.06. The summed E-state index contributed by atoms with van der Waals surface area (Å²) in [4.78, 5) is 15.2. The number of likely N-dealkylation sites (tertiary alicyclic amines) is 1. The van der Waals surface area contributed by atoms with Crippen molar-refractivity contribution >= 4 is 16.9 Å². The van der Waals surface area contributed by atoms with Crippen molar-refractivity contribution in [3.8, 4) is 0 Å². The molecule has 1 saturated carbocycles. The second kappa shape index (κ2) is 5.92. The van der Waals surface area contributed by atoms with Gasteiger partial charge in [0.05, 0.1) is 0 Å². The van der Waals surface area contributed by atoms with Crippen molar-refractivity contribution in [3.05, 3.63) is 34.6 Å². The Labute approximate surface area is 143 Å². The molecule has 0 spiro atoms. The second-order valence-corrected chi connectivity index (χ2v) is 7.55.